The Kier molecular flexibility index (Phi) is 5.16. The number of hydrogen-bond donors (Lipinski definition) is 2. The van der Waals surface area contributed by atoms with E-state index in [1.54, 1.807) is 24.3 Å². The third-order valence-electron chi connectivity index (χ3n) is 5.06. The summed E-state index contributed by atoms with van der Waals surface area (Å²) in [5.74, 6) is -1.46. The molecule has 8 heteroatoms. The van der Waals surface area contributed by atoms with E-state index in [0.717, 1.165) is 17.1 Å². The van der Waals surface area contributed by atoms with Crippen molar-refractivity contribution in [2.75, 3.05) is 4.90 Å². The van der Waals surface area contributed by atoms with Gasteiger partial charge in [-0.3, -0.25) is 19.8 Å². The first-order chi connectivity index (χ1) is 14.8. The predicted molar refractivity (Wildman–Crippen MR) is 120 cm³/mol. The summed E-state index contributed by atoms with van der Waals surface area (Å²) in [6.45, 7) is 3.78. The van der Waals surface area contributed by atoms with Gasteiger partial charge < -0.3 is 9.67 Å². The quantitative estimate of drug-likeness (QED) is 0.373. The molecule has 156 valence electrons. The highest BCUT2D eigenvalue weighted by Crippen LogP contribution is 2.26. The van der Waals surface area contributed by atoms with E-state index in [9.17, 15) is 19.1 Å². The number of aromatic hydroxyl groups is 1. The summed E-state index contributed by atoms with van der Waals surface area (Å²) in [7, 11) is 0. The van der Waals surface area contributed by atoms with Crippen LogP contribution >= 0.6 is 12.2 Å². The highest BCUT2D eigenvalue weighted by atomic mass is 32.1. The molecular formula is C23H18FN3O3S. The number of aryl methyl sites for hydroxylation is 1. The lowest BCUT2D eigenvalue weighted by molar-refractivity contribution is -0.122. The Bertz CT molecular complexity index is 1240. The molecule has 1 saturated heterocycles. The largest absolute Gasteiger partial charge is 0.508 e. The zero-order valence-corrected chi connectivity index (χ0v) is 17.5. The smallest absolute Gasteiger partial charge is 0.270 e. The van der Waals surface area contributed by atoms with Crippen LogP contribution in [0.15, 0.2) is 60.2 Å². The number of carbonyl (C=O) groups excluding carboxylic acids is 2. The molecule has 0 radical (unpaired) electrons. The van der Waals surface area contributed by atoms with Crippen LogP contribution in [0.2, 0.25) is 0 Å². The monoisotopic (exact) mass is 435 g/mol. The van der Waals surface area contributed by atoms with E-state index in [1.807, 2.05) is 24.5 Å². The molecule has 2 aromatic carbocycles. The van der Waals surface area contributed by atoms with E-state index in [4.69, 9.17) is 12.2 Å². The molecule has 0 atom stereocenters. The summed E-state index contributed by atoms with van der Waals surface area (Å²) in [5, 5.41) is 12.0. The molecule has 1 aliphatic rings. The summed E-state index contributed by atoms with van der Waals surface area (Å²) in [6, 6.07) is 13.9. The van der Waals surface area contributed by atoms with Crippen LogP contribution in [0.5, 0.6) is 5.75 Å². The van der Waals surface area contributed by atoms with E-state index < -0.39 is 17.6 Å². The van der Waals surface area contributed by atoms with Crippen molar-refractivity contribution in [2.45, 2.75) is 13.8 Å². The molecule has 0 spiro atoms. The fourth-order valence-electron chi connectivity index (χ4n) is 3.57. The standard InChI is InChI=1S/C23H18FN3O3S/c1-13-11-15(14(2)26(13)17-7-9-19(28)10-8-17)12-20-21(29)25-23(31)27(22(20)30)18-5-3-16(24)4-6-18/h3-12,28H,1-2H3,(H,25,29,31)/b20-12-. The minimum atomic E-state index is -0.595. The van der Waals surface area contributed by atoms with Gasteiger partial charge in [0.2, 0.25) is 0 Å². The molecule has 31 heavy (non-hydrogen) atoms. The number of hydrogen-bond acceptors (Lipinski definition) is 4. The maximum Gasteiger partial charge on any atom is 0.270 e. The predicted octanol–water partition coefficient (Wildman–Crippen LogP) is 3.77. The molecule has 2 amide bonds. The number of anilines is 1. The van der Waals surface area contributed by atoms with Gasteiger partial charge in [-0.2, -0.15) is 0 Å². The van der Waals surface area contributed by atoms with Crippen LogP contribution in [0.3, 0.4) is 0 Å². The number of amides is 2. The number of aromatic nitrogens is 1. The van der Waals surface area contributed by atoms with Crippen LogP contribution in [0.25, 0.3) is 11.8 Å². The van der Waals surface area contributed by atoms with E-state index in [0.29, 0.717) is 11.3 Å². The molecule has 1 aliphatic heterocycles. The van der Waals surface area contributed by atoms with E-state index in [1.165, 1.54) is 35.2 Å². The van der Waals surface area contributed by atoms with Gasteiger partial charge in [-0.05, 0) is 92.3 Å². The van der Waals surface area contributed by atoms with Crippen LogP contribution in [0.1, 0.15) is 17.0 Å². The van der Waals surface area contributed by atoms with Gasteiger partial charge in [0.15, 0.2) is 5.11 Å². The highest BCUT2D eigenvalue weighted by molar-refractivity contribution is 7.80. The first-order valence-corrected chi connectivity index (χ1v) is 9.82. The molecule has 2 heterocycles. The molecule has 0 bridgehead atoms. The Morgan fingerprint density at radius 3 is 2.26 bits per heavy atom. The third kappa shape index (κ3) is 3.73. The number of benzene rings is 2. The fraction of sp³-hybridized carbons (Fsp3) is 0.0870. The van der Waals surface area contributed by atoms with Crippen molar-refractivity contribution >= 4 is 40.9 Å². The average Bonchev–Trinajstić information content (AvgIpc) is 3.00. The molecule has 1 aromatic heterocycles. The molecule has 2 N–H and O–H groups in total. The van der Waals surface area contributed by atoms with Gasteiger partial charge in [0.25, 0.3) is 11.8 Å². The van der Waals surface area contributed by atoms with Crippen molar-refractivity contribution in [3.63, 3.8) is 0 Å². The minimum Gasteiger partial charge on any atom is -0.508 e. The van der Waals surface area contributed by atoms with Gasteiger partial charge in [-0.25, -0.2) is 4.39 Å². The van der Waals surface area contributed by atoms with Crippen LogP contribution in [-0.2, 0) is 9.59 Å². The molecular weight excluding hydrogens is 417 g/mol. The number of halogens is 1. The Morgan fingerprint density at radius 2 is 1.61 bits per heavy atom. The third-order valence-corrected chi connectivity index (χ3v) is 5.35. The SMILES string of the molecule is Cc1cc(/C=C2/C(=O)NC(=S)N(c3ccc(F)cc3)C2=O)c(C)n1-c1ccc(O)cc1. The highest BCUT2D eigenvalue weighted by Gasteiger charge is 2.34. The molecule has 0 saturated carbocycles. The van der Waals surface area contributed by atoms with Crippen LogP contribution in [0, 0.1) is 19.7 Å². The van der Waals surface area contributed by atoms with E-state index in [2.05, 4.69) is 5.32 Å². The van der Waals surface area contributed by atoms with Gasteiger partial charge >= 0.3 is 0 Å². The van der Waals surface area contributed by atoms with Crippen molar-refractivity contribution in [3.8, 4) is 11.4 Å². The van der Waals surface area contributed by atoms with E-state index >= 15 is 0 Å². The maximum absolute atomic E-state index is 13.3. The van der Waals surface area contributed by atoms with Crippen molar-refractivity contribution in [1.82, 2.24) is 9.88 Å². The summed E-state index contributed by atoms with van der Waals surface area (Å²) in [4.78, 5) is 26.8. The molecule has 4 rings (SSSR count). The molecule has 1 fully saturated rings. The van der Waals surface area contributed by atoms with Crippen LogP contribution < -0.4 is 10.2 Å². The second-order valence-corrected chi connectivity index (χ2v) is 7.50. The normalized spacial score (nSPS) is 15.5. The zero-order chi connectivity index (χ0) is 22.3. The number of phenolic OH excluding ortho intramolecular Hbond substituents is 1. The van der Waals surface area contributed by atoms with Crippen molar-refractivity contribution in [2.24, 2.45) is 0 Å². The van der Waals surface area contributed by atoms with Gasteiger partial charge in [-0.1, -0.05) is 0 Å². The van der Waals surface area contributed by atoms with Crippen molar-refractivity contribution in [1.29, 1.82) is 0 Å². The molecule has 0 aliphatic carbocycles. The zero-order valence-electron chi connectivity index (χ0n) is 16.7. The average molecular weight is 435 g/mol. The Morgan fingerprint density at radius 1 is 1.00 bits per heavy atom. The first kappa shape index (κ1) is 20.5. The topological polar surface area (TPSA) is 74.6 Å². The molecule has 0 unspecified atom stereocenters. The van der Waals surface area contributed by atoms with Crippen molar-refractivity contribution in [3.05, 3.63) is 82.9 Å². The maximum atomic E-state index is 13.3. The first-order valence-electron chi connectivity index (χ1n) is 9.41. The number of nitrogens with zero attached hydrogens (tertiary/aromatic N) is 2. The Balaban J connectivity index is 1.75. The lowest BCUT2D eigenvalue weighted by Gasteiger charge is -2.28. The summed E-state index contributed by atoms with van der Waals surface area (Å²) in [5.41, 5.74) is 3.52. The minimum absolute atomic E-state index is 0.0617. The lowest BCUT2D eigenvalue weighted by atomic mass is 10.1. The number of phenols is 1. The number of thiocarbonyl (C=S) groups is 1. The Hall–Kier alpha value is -3.78. The van der Waals surface area contributed by atoms with Gasteiger partial charge in [-0.15, -0.1) is 0 Å². The summed E-state index contributed by atoms with van der Waals surface area (Å²) >= 11 is 5.17. The molecule has 6 nitrogen and oxygen atoms in total. The van der Waals surface area contributed by atoms with Gasteiger partial charge in [0.1, 0.15) is 17.1 Å². The molecule has 3 aromatic rings. The van der Waals surface area contributed by atoms with Gasteiger partial charge in [0.05, 0.1) is 5.69 Å². The van der Waals surface area contributed by atoms with Gasteiger partial charge in [0, 0.05) is 17.1 Å². The number of carbonyl (C=O) groups is 2. The lowest BCUT2D eigenvalue weighted by Crippen LogP contribution is -2.54. The second kappa shape index (κ2) is 7.81. The van der Waals surface area contributed by atoms with Crippen LogP contribution in [-0.4, -0.2) is 26.6 Å². The van der Waals surface area contributed by atoms with E-state index in [-0.39, 0.29) is 16.4 Å². The number of nitrogens with one attached hydrogen (secondary N) is 1. The Labute approximate surface area is 183 Å². The number of rotatable bonds is 3. The van der Waals surface area contributed by atoms with Crippen LogP contribution in [0.4, 0.5) is 10.1 Å². The fourth-order valence-corrected chi connectivity index (χ4v) is 3.85. The summed E-state index contributed by atoms with van der Waals surface area (Å²) in [6.07, 6.45) is 1.52. The second-order valence-electron chi connectivity index (χ2n) is 7.11. The summed E-state index contributed by atoms with van der Waals surface area (Å²) < 4.78 is 15.2. The van der Waals surface area contributed by atoms with Crippen molar-refractivity contribution < 1.29 is 19.1 Å².